The number of aromatic nitrogens is 2. The molecule has 3 aromatic rings. The Hall–Kier alpha value is -11.4. The van der Waals surface area contributed by atoms with E-state index in [4.69, 9.17) is 22.9 Å². The molecule has 2 aromatic carbocycles. The highest BCUT2D eigenvalue weighted by Gasteiger charge is 2.40. The number of aliphatic hydroxyl groups excluding tert-OH is 3. The number of carboxylic acids is 1. The number of nitrogens with one attached hydrogen (secondary N) is 14. The lowest BCUT2D eigenvalue weighted by molar-refractivity contribution is -0.150. The molecule has 618 valence electrons. The Labute approximate surface area is 646 Å². The fraction of sp³-hybridized carbons (Fsp3) is 0.563. The first kappa shape index (κ1) is 93.0. The van der Waals surface area contributed by atoms with E-state index in [1.807, 2.05) is 0 Å². The molecule has 1 fully saturated rings. The number of carboxylic acid groups (broad SMARTS) is 1. The van der Waals surface area contributed by atoms with E-state index in [-0.39, 0.29) is 95.0 Å². The number of benzene rings is 2. The molecule has 1 aromatic heterocycles. The molecule has 13 atom stereocenters. The van der Waals surface area contributed by atoms with Crippen LogP contribution in [0.25, 0.3) is 0 Å². The number of aliphatic carboxylic acids is 1. The number of hydrogen-bond acceptors (Lipinski definition) is 23. The Morgan fingerprint density at radius 2 is 1.03 bits per heavy atom. The monoisotopic (exact) mass is 1580 g/mol. The van der Waals surface area contributed by atoms with Gasteiger partial charge < -0.3 is 127 Å². The molecule has 112 heavy (non-hydrogen) atoms. The zero-order valence-corrected chi connectivity index (χ0v) is 63.5. The van der Waals surface area contributed by atoms with Crippen molar-refractivity contribution in [2.45, 2.75) is 191 Å². The largest absolute Gasteiger partial charge is 0.508 e. The summed E-state index contributed by atoms with van der Waals surface area (Å²) < 4.78 is 0. The molecule has 0 radical (unpaired) electrons. The van der Waals surface area contributed by atoms with Crippen LogP contribution in [0.4, 0.5) is 0 Å². The van der Waals surface area contributed by atoms with Crippen LogP contribution in [-0.4, -0.2) is 266 Å². The number of imidazole rings is 1. The highest BCUT2D eigenvalue weighted by atomic mass is 16.4. The summed E-state index contributed by atoms with van der Waals surface area (Å²) in [6.45, 7) is 4.97. The number of likely N-dealkylation sites (tertiary alicyclic amines) is 1. The topological polar surface area (TPSA) is 662 Å². The Balaban J connectivity index is 1.43. The van der Waals surface area contributed by atoms with Crippen LogP contribution in [0.15, 0.2) is 72.1 Å². The van der Waals surface area contributed by atoms with E-state index in [0.717, 1.165) is 4.90 Å². The van der Waals surface area contributed by atoms with Gasteiger partial charge in [-0.3, -0.25) is 72.1 Å². The Morgan fingerprint density at radius 1 is 0.536 bits per heavy atom. The van der Waals surface area contributed by atoms with Gasteiger partial charge in [0.25, 0.3) is 0 Å². The predicted octanol–water partition coefficient (Wildman–Crippen LogP) is -7.99. The lowest BCUT2D eigenvalue weighted by Gasteiger charge is -2.29. The van der Waals surface area contributed by atoms with Crippen molar-refractivity contribution >= 4 is 94.6 Å². The van der Waals surface area contributed by atoms with Crippen molar-refractivity contribution in [2.75, 3.05) is 52.5 Å². The maximum Gasteiger partial charge on any atom is 0.326 e. The minimum Gasteiger partial charge on any atom is -0.508 e. The molecule has 4 rings (SSSR count). The Bertz CT molecular complexity index is 3680. The maximum absolute atomic E-state index is 14.5. The van der Waals surface area contributed by atoms with Gasteiger partial charge in [-0.2, -0.15) is 0 Å². The molecule has 2 heterocycles. The number of carbonyl (C=O) groups is 15. The Morgan fingerprint density at radius 3 is 1.59 bits per heavy atom. The summed E-state index contributed by atoms with van der Waals surface area (Å²) in [4.78, 5) is 215. The van der Waals surface area contributed by atoms with Crippen molar-refractivity contribution in [2.24, 2.45) is 39.8 Å². The van der Waals surface area contributed by atoms with Crippen molar-refractivity contribution in [3.63, 3.8) is 0 Å². The lowest BCUT2D eigenvalue weighted by atomic mass is 9.99. The molecule has 0 aliphatic carbocycles. The molecule has 1 saturated heterocycles. The normalized spacial score (nSPS) is 15.7. The third-order valence-corrected chi connectivity index (χ3v) is 17.6. The van der Waals surface area contributed by atoms with Crippen LogP contribution in [0.5, 0.6) is 5.75 Å². The second-order valence-electron chi connectivity index (χ2n) is 27.6. The molecule has 1 aliphatic heterocycles. The number of amides is 14. The number of carbonyl (C=O) groups excluding carboxylic acids is 14. The fourth-order valence-corrected chi connectivity index (χ4v) is 11.4. The quantitative estimate of drug-likeness (QED) is 0.0142. The van der Waals surface area contributed by atoms with Crippen LogP contribution >= 0.6 is 0 Å². The van der Waals surface area contributed by atoms with Crippen LogP contribution in [0.3, 0.4) is 0 Å². The molecule has 41 nitrogen and oxygen atoms in total. The molecule has 0 bridgehead atoms. The Kier molecular flexibility index (Phi) is 39.5. The zero-order valence-electron chi connectivity index (χ0n) is 63.5. The van der Waals surface area contributed by atoms with Gasteiger partial charge in [0.15, 0.2) is 5.96 Å². The van der Waals surface area contributed by atoms with Crippen LogP contribution in [0.1, 0.15) is 110 Å². The van der Waals surface area contributed by atoms with E-state index < -0.39 is 206 Å². The van der Waals surface area contributed by atoms with Gasteiger partial charge >= 0.3 is 5.97 Å². The van der Waals surface area contributed by atoms with Crippen LogP contribution in [0.2, 0.25) is 0 Å². The molecule has 14 amide bonds. The third kappa shape index (κ3) is 31.9. The number of H-pyrrole nitrogens is 1. The van der Waals surface area contributed by atoms with Crippen molar-refractivity contribution in [1.29, 1.82) is 0 Å². The number of aromatic hydroxyl groups is 1. The molecular weight excluding hydrogens is 1470 g/mol. The van der Waals surface area contributed by atoms with Gasteiger partial charge in [0.2, 0.25) is 82.7 Å². The lowest BCUT2D eigenvalue weighted by Crippen LogP contribution is -2.61. The van der Waals surface area contributed by atoms with Crippen molar-refractivity contribution < 1.29 is 97.5 Å². The molecule has 27 N–H and O–H groups in total. The van der Waals surface area contributed by atoms with Gasteiger partial charge in [-0.1, -0.05) is 70.2 Å². The first-order chi connectivity index (χ1) is 53.1. The van der Waals surface area contributed by atoms with Crippen molar-refractivity contribution in [1.82, 2.24) is 84.0 Å². The van der Waals surface area contributed by atoms with E-state index in [1.54, 1.807) is 58.0 Å². The highest BCUT2D eigenvalue weighted by molar-refractivity contribution is 6.00. The number of phenols is 1. The van der Waals surface area contributed by atoms with E-state index in [2.05, 4.69) is 84.1 Å². The van der Waals surface area contributed by atoms with Gasteiger partial charge in [0.05, 0.1) is 45.3 Å². The summed E-state index contributed by atoms with van der Waals surface area (Å²) in [5.41, 5.74) is 24.5. The first-order valence-corrected chi connectivity index (χ1v) is 36.6. The number of rotatable bonds is 48. The van der Waals surface area contributed by atoms with E-state index in [1.165, 1.54) is 50.6 Å². The highest BCUT2D eigenvalue weighted by Crippen LogP contribution is 2.20. The molecule has 0 spiro atoms. The van der Waals surface area contributed by atoms with E-state index in [9.17, 15) is 97.5 Å². The van der Waals surface area contributed by atoms with Crippen LogP contribution < -0.4 is 92.1 Å². The van der Waals surface area contributed by atoms with Gasteiger partial charge in [-0.25, -0.2) is 9.78 Å². The summed E-state index contributed by atoms with van der Waals surface area (Å²) >= 11 is 0. The summed E-state index contributed by atoms with van der Waals surface area (Å²) in [6, 6.07) is -4.79. The van der Waals surface area contributed by atoms with Crippen LogP contribution in [0, 0.1) is 11.8 Å². The second-order valence-corrected chi connectivity index (χ2v) is 27.6. The first-order valence-electron chi connectivity index (χ1n) is 36.6. The van der Waals surface area contributed by atoms with E-state index >= 15 is 0 Å². The average molecular weight is 1580 g/mol. The number of aliphatic imine (C=N–C) groups is 1. The summed E-state index contributed by atoms with van der Waals surface area (Å²) in [6.07, 6.45) is 3.68. The van der Waals surface area contributed by atoms with Crippen molar-refractivity contribution in [3.8, 4) is 5.75 Å². The number of nitrogens with two attached hydrogens (primary N) is 4. The molecular formula is C71H109N21O20. The fourth-order valence-electron chi connectivity index (χ4n) is 11.4. The van der Waals surface area contributed by atoms with Gasteiger partial charge in [0.1, 0.15) is 78.3 Å². The molecule has 41 heteroatoms. The maximum atomic E-state index is 14.5. The minimum atomic E-state index is -1.75. The standard InChI is InChI=1S/C71H109N21O20/c1-37(2)26-48(87-60(101)45(73)29-43-30-76-36-80-43)65(106)84-47(17-12-24-77-71(74)75)62(103)89-52(34-94)67(108)85-46(16-10-11-23-72)63(104)91-57(38(3)4)68(109)88-50(28-42-19-21-44(96)22-20-42)64(105)82-39(5)58(99)81-40(6)59(100)86-49(27-41-14-8-7-9-15-41)61(102)79-31-55(97)78-32-56(98)83-51(33-93)66(107)90-53(35-95)69(110)92-25-13-18-54(92)70(111)112/h7-9,14-15,19-22,30,36-40,45-54,57,93-96H,10-13,16-18,23-29,31-35,72-73H2,1-6H3,(H,76,80)(H,78,97)(H,79,102)(H,81,99)(H,82,105)(H,83,98)(H,84,106)(H,85,108)(H,86,100)(H,87,101)(H,88,109)(H,89,103)(H,90,107)(H,91,104)(H,111,112)(H4,74,75,77)/t39-,40-,45-,46-,47-,48-,49-,50-,51-,52-,53-,54-,57-/m0/s1. The smallest absolute Gasteiger partial charge is 0.326 e. The summed E-state index contributed by atoms with van der Waals surface area (Å²) in [7, 11) is 0. The minimum absolute atomic E-state index is 0.0102. The molecule has 1 aliphatic rings. The number of aromatic amines is 1. The van der Waals surface area contributed by atoms with Gasteiger partial charge in [0, 0.05) is 44.2 Å². The number of aliphatic hydroxyl groups is 3. The molecule has 0 saturated carbocycles. The number of hydrogen-bond donors (Lipinski definition) is 23. The number of phenolic OH excluding ortho intramolecular Hbond substituents is 1. The second kappa shape index (κ2) is 47.6. The van der Waals surface area contributed by atoms with Gasteiger partial charge in [-0.15, -0.1) is 0 Å². The predicted molar refractivity (Wildman–Crippen MR) is 402 cm³/mol. The van der Waals surface area contributed by atoms with Gasteiger partial charge in [-0.05, 0) is 107 Å². The molecule has 0 unspecified atom stereocenters. The average Bonchev–Trinajstić information content (AvgIpc) is 1.48. The summed E-state index contributed by atoms with van der Waals surface area (Å²) in [5, 5.41) is 81.8. The SMILES string of the molecule is CC(C)C[C@H](NC(=O)[C@@H](N)Cc1cnc[nH]1)C(=O)N[C@@H](CCCN=C(N)N)C(=O)N[C@@H](CO)C(=O)N[C@@H](CCCCN)C(=O)N[C@H](C(=O)N[C@@H](Cc1ccc(O)cc1)C(=O)N[C@@H](C)C(=O)N[C@@H](C)C(=O)N[C@@H](Cc1ccccc1)C(=O)NCC(=O)NCC(=O)N[C@@H](CO)C(=O)N[C@@H](CO)C(=O)N1CCC[C@H]1C(=O)O)C(C)C. The number of nitrogens with zero attached hydrogens (tertiary/aromatic N) is 3. The van der Waals surface area contributed by atoms with Crippen molar-refractivity contribution in [3.05, 3.63) is 83.9 Å². The number of unbranched alkanes of at least 4 members (excludes halogenated alkanes) is 1. The zero-order chi connectivity index (χ0) is 83.3. The van der Waals surface area contributed by atoms with E-state index in [0.29, 0.717) is 29.7 Å². The summed E-state index contributed by atoms with van der Waals surface area (Å²) in [5.74, 6) is -15.5. The number of guanidine groups is 1. The third-order valence-electron chi connectivity index (χ3n) is 17.6. The van der Waals surface area contributed by atoms with Crippen LogP contribution in [-0.2, 0) is 91.2 Å².